The Labute approximate surface area is 155 Å². The molecule has 0 unspecified atom stereocenters. The van der Waals surface area contributed by atoms with Gasteiger partial charge in [-0.25, -0.2) is 4.98 Å². The maximum atomic E-state index is 12.2. The lowest BCUT2D eigenvalue weighted by molar-refractivity contribution is 0.0954. The van der Waals surface area contributed by atoms with Crippen molar-refractivity contribution in [1.29, 1.82) is 0 Å². The van der Waals surface area contributed by atoms with Crippen LogP contribution in [0.2, 0.25) is 0 Å². The van der Waals surface area contributed by atoms with E-state index in [-0.39, 0.29) is 5.91 Å². The molecule has 1 aromatic carbocycles. The van der Waals surface area contributed by atoms with Crippen LogP contribution in [-0.2, 0) is 0 Å². The van der Waals surface area contributed by atoms with Gasteiger partial charge in [0.1, 0.15) is 5.82 Å². The van der Waals surface area contributed by atoms with Crippen molar-refractivity contribution < 1.29 is 4.79 Å². The Morgan fingerprint density at radius 3 is 2.62 bits per heavy atom. The Morgan fingerprint density at radius 1 is 1.08 bits per heavy atom. The number of nitrogens with one attached hydrogen (secondary N) is 2. The predicted octanol–water partition coefficient (Wildman–Crippen LogP) is 2.93. The van der Waals surface area contributed by atoms with Gasteiger partial charge < -0.3 is 15.5 Å². The number of piperidine rings is 1. The van der Waals surface area contributed by atoms with E-state index in [0.717, 1.165) is 30.2 Å². The summed E-state index contributed by atoms with van der Waals surface area (Å²) in [6.07, 6.45) is 3.74. The number of hydrogen-bond acceptors (Lipinski definition) is 5. The summed E-state index contributed by atoms with van der Waals surface area (Å²) in [5, 5.41) is 6.16. The third-order valence-electron chi connectivity index (χ3n) is 4.60. The number of benzene rings is 1. The number of carbonyl (C=O) groups is 1. The summed E-state index contributed by atoms with van der Waals surface area (Å²) in [5.41, 5.74) is 2.64. The molecule has 0 atom stereocenters. The highest BCUT2D eigenvalue weighted by molar-refractivity contribution is 5.95. The van der Waals surface area contributed by atoms with E-state index in [1.807, 2.05) is 44.2 Å². The largest absolute Gasteiger partial charge is 0.356 e. The molecule has 0 aliphatic carbocycles. The van der Waals surface area contributed by atoms with Crippen LogP contribution < -0.4 is 15.5 Å². The fourth-order valence-electron chi connectivity index (χ4n) is 3.19. The summed E-state index contributed by atoms with van der Waals surface area (Å²) in [6, 6.07) is 9.63. The van der Waals surface area contributed by atoms with Crippen molar-refractivity contribution in [3.8, 4) is 0 Å². The highest BCUT2D eigenvalue weighted by Crippen LogP contribution is 2.19. The monoisotopic (exact) mass is 353 g/mol. The van der Waals surface area contributed by atoms with E-state index >= 15 is 0 Å². The zero-order valence-electron chi connectivity index (χ0n) is 15.6. The van der Waals surface area contributed by atoms with Gasteiger partial charge in [-0.05, 0) is 44.7 Å². The van der Waals surface area contributed by atoms with Crippen LogP contribution in [0, 0.1) is 13.8 Å². The quantitative estimate of drug-likeness (QED) is 0.782. The van der Waals surface area contributed by atoms with Crippen molar-refractivity contribution in [3.05, 3.63) is 47.2 Å². The predicted molar refractivity (Wildman–Crippen MR) is 105 cm³/mol. The fourth-order valence-corrected chi connectivity index (χ4v) is 3.19. The lowest BCUT2D eigenvalue weighted by atomic mass is 10.1. The second-order valence-electron chi connectivity index (χ2n) is 6.74. The molecule has 2 aromatic rings. The average molecular weight is 353 g/mol. The van der Waals surface area contributed by atoms with Crippen molar-refractivity contribution in [2.45, 2.75) is 33.1 Å². The minimum Gasteiger partial charge on any atom is -0.356 e. The normalized spacial score (nSPS) is 14.2. The summed E-state index contributed by atoms with van der Waals surface area (Å²) < 4.78 is 0. The fraction of sp³-hybridized carbons (Fsp3) is 0.450. The van der Waals surface area contributed by atoms with E-state index in [4.69, 9.17) is 0 Å². The maximum Gasteiger partial charge on any atom is 0.251 e. The maximum absolute atomic E-state index is 12.2. The van der Waals surface area contributed by atoms with Crippen LogP contribution in [0.15, 0.2) is 30.3 Å². The molecule has 2 N–H and O–H groups in total. The molecular weight excluding hydrogens is 326 g/mol. The van der Waals surface area contributed by atoms with Crippen molar-refractivity contribution in [3.63, 3.8) is 0 Å². The van der Waals surface area contributed by atoms with Crippen molar-refractivity contribution >= 4 is 17.7 Å². The van der Waals surface area contributed by atoms with Gasteiger partial charge in [-0.3, -0.25) is 4.79 Å². The van der Waals surface area contributed by atoms with E-state index < -0.39 is 0 Å². The van der Waals surface area contributed by atoms with Gasteiger partial charge >= 0.3 is 0 Å². The Hall–Kier alpha value is -2.63. The number of rotatable bonds is 6. The zero-order valence-corrected chi connectivity index (χ0v) is 15.6. The molecule has 3 rings (SSSR count). The molecule has 0 spiro atoms. The number of aryl methyl sites for hydroxylation is 2. The minimum absolute atomic E-state index is 0.0518. The van der Waals surface area contributed by atoms with Crippen LogP contribution in [0.1, 0.15) is 40.9 Å². The van der Waals surface area contributed by atoms with Crippen LogP contribution in [0.4, 0.5) is 11.8 Å². The first-order valence-corrected chi connectivity index (χ1v) is 9.32. The van der Waals surface area contributed by atoms with Gasteiger partial charge in [0, 0.05) is 43.5 Å². The summed E-state index contributed by atoms with van der Waals surface area (Å²) >= 11 is 0. The average Bonchev–Trinajstić information content (AvgIpc) is 2.66. The van der Waals surface area contributed by atoms with E-state index in [9.17, 15) is 4.79 Å². The van der Waals surface area contributed by atoms with Crippen molar-refractivity contribution in [2.24, 2.45) is 0 Å². The van der Waals surface area contributed by atoms with E-state index in [2.05, 4.69) is 25.5 Å². The Kier molecular flexibility index (Phi) is 6.04. The standard InChI is InChI=1S/C20H27N5O/c1-15-8-4-5-9-17(15)19(26)21-10-11-22-20-23-16(2)14-18(24-20)25-12-6-3-7-13-25/h4-5,8-9,14H,3,6-7,10-13H2,1-2H3,(H,21,26)(H,22,23,24). The molecule has 1 aliphatic rings. The molecule has 6 nitrogen and oxygen atoms in total. The van der Waals surface area contributed by atoms with Gasteiger partial charge in [-0.2, -0.15) is 4.98 Å². The lowest BCUT2D eigenvalue weighted by Gasteiger charge is -2.28. The Balaban J connectivity index is 1.52. The molecule has 6 heteroatoms. The third-order valence-corrected chi connectivity index (χ3v) is 4.60. The number of anilines is 2. The topological polar surface area (TPSA) is 70.2 Å². The molecule has 1 saturated heterocycles. The smallest absolute Gasteiger partial charge is 0.251 e. The SMILES string of the molecule is Cc1cc(N2CCCCC2)nc(NCCNC(=O)c2ccccc2C)n1. The van der Waals surface area contributed by atoms with Crippen molar-refractivity contribution in [1.82, 2.24) is 15.3 Å². The third kappa shape index (κ3) is 4.71. The molecule has 0 saturated carbocycles. The number of hydrogen-bond donors (Lipinski definition) is 2. The molecule has 1 amide bonds. The Morgan fingerprint density at radius 2 is 1.85 bits per heavy atom. The number of amides is 1. The zero-order chi connectivity index (χ0) is 18.4. The molecule has 0 radical (unpaired) electrons. The van der Waals surface area contributed by atoms with Gasteiger partial charge in [0.15, 0.2) is 0 Å². The van der Waals surface area contributed by atoms with E-state index in [1.165, 1.54) is 19.3 Å². The highest BCUT2D eigenvalue weighted by Gasteiger charge is 2.14. The summed E-state index contributed by atoms with van der Waals surface area (Å²) in [4.78, 5) is 23.6. The van der Waals surface area contributed by atoms with Crippen LogP contribution in [0.3, 0.4) is 0 Å². The van der Waals surface area contributed by atoms with Gasteiger partial charge in [0.2, 0.25) is 5.95 Å². The van der Waals surface area contributed by atoms with E-state index in [1.54, 1.807) is 0 Å². The summed E-state index contributed by atoms with van der Waals surface area (Å²) in [6.45, 7) is 7.14. The van der Waals surface area contributed by atoms with Gasteiger partial charge in [0.05, 0.1) is 0 Å². The molecular formula is C20H27N5O. The molecule has 138 valence electrons. The summed E-state index contributed by atoms with van der Waals surface area (Å²) in [5.74, 6) is 1.56. The van der Waals surface area contributed by atoms with Crippen molar-refractivity contribution in [2.75, 3.05) is 36.4 Å². The highest BCUT2D eigenvalue weighted by atomic mass is 16.1. The van der Waals surface area contributed by atoms with E-state index in [0.29, 0.717) is 24.6 Å². The van der Waals surface area contributed by atoms with Crippen LogP contribution in [-0.4, -0.2) is 42.1 Å². The minimum atomic E-state index is -0.0518. The van der Waals surface area contributed by atoms with Gasteiger partial charge in [0.25, 0.3) is 5.91 Å². The number of carbonyl (C=O) groups excluding carboxylic acids is 1. The van der Waals surface area contributed by atoms with Crippen LogP contribution in [0.5, 0.6) is 0 Å². The number of nitrogens with zero attached hydrogens (tertiary/aromatic N) is 3. The first-order valence-electron chi connectivity index (χ1n) is 9.32. The second kappa shape index (κ2) is 8.65. The molecule has 2 heterocycles. The van der Waals surface area contributed by atoms with Crippen LogP contribution >= 0.6 is 0 Å². The number of aromatic nitrogens is 2. The first kappa shape index (κ1) is 18.2. The molecule has 0 bridgehead atoms. The lowest BCUT2D eigenvalue weighted by Crippen LogP contribution is -2.31. The second-order valence-corrected chi connectivity index (χ2v) is 6.74. The van der Waals surface area contributed by atoms with Gasteiger partial charge in [-0.15, -0.1) is 0 Å². The molecule has 1 aliphatic heterocycles. The first-order chi connectivity index (χ1) is 12.6. The molecule has 26 heavy (non-hydrogen) atoms. The van der Waals surface area contributed by atoms with Crippen LogP contribution in [0.25, 0.3) is 0 Å². The van der Waals surface area contributed by atoms with Gasteiger partial charge in [-0.1, -0.05) is 18.2 Å². The molecule has 1 aromatic heterocycles. The Bertz CT molecular complexity index is 756. The summed E-state index contributed by atoms with van der Waals surface area (Å²) in [7, 11) is 0. The molecule has 1 fully saturated rings.